The molecule has 1 atom stereocenters. The van der Waals surface area contributed by atoms with E-state index < -0.39 is 0 Å². The first kappa shape index (κ1) is 19.7. The van der Waals surface area contributed by atoms with Crippen LogP contribution in [0.5, 0.6) is 0 Å². The number of thioether (sulfide) groups is 1. The van der Waals surface area contributed by atoms with E-state index in [0.717, 1.165) is 42.0 Å². The normalized spacial score (nSPS) is 17.6. The molecular weight excluding hydrogens is 356 g/mol. The molecule has 144 valence electrons. The first-order chi connectivity index (χ1) is 12.9. The molecule has 2 aromatic rings. The van der Waals surface area contributed by atoms with Crippen molar-refractivity contribution in [3.8, 4) is 0 Å². The average molecular weight is 385 g/mol. The number of amides is 1. The third kappa shape index (κ3) is 5.48. The predicted molar refractivity (Wildman–Crippen MR) is 110 cm³/mol. The topological polar surface area (TPSA) is 42.4 Å². The van der Waals surface area contributed by atoms with Crippen molar-refractivity contribution in [1.82, 2.24) is 9.88 Å². The maximum atomic E-state index is 12.8. The average Bonchev–Trinajstić information content (AvgIpc) is 2.66. The third-order valence-electron chi connectivity index (χ3n) is 4.50. The lowest BCUT2D eigenvalue weighted by atomic mass is 9.97. The maximum absolute atomic E-state index is 12.8. The molecule has 1 aromatic carbocycles. The van der Waals surface area contributed by atoms with E-state index in [-0.39, 0.29) is 16.9 Å². The van der Waals surface area contributed by atoms with Gasteiger partial charge in [0.05, 0.1) is 6.04 Å². The molecule has 27 heavy (non-hydrogen) atoms. The van der Waals surface area contributed by atoms with Gasteiger partial charge in [-0.25, -0.2) is 9.78 Å². The fraction of sp³-hybridized carbons (Fsp3) is 0.455. The molecule has 0 radical (unpaired) electrons. The summed E-state index contributed by atoms with van der Waals surface area (Å²) in [5, 5.41) is 1.01. The highest BCUT2D eigenvalue weighted by molar-refractivity contribution is 8.00. The minimum absolute atomic E-state index is 0.0283. The van der Waals surface area contributed by atoms with Gasteiger partial charge < -0.3 is 9.64 Å². The number of carbonyl (C=O) groups excluding carboxylic acids is 1. The van der Waals surface area contributed by atoms with Crippen LogP contribution < -0.4 is 0 Å². The number of piperidine rings is 1. The van der Waals surface area contributed by atoms with Crippen LogP contribution in [0.15, 0.2) is 53.7 Å². The highest BCUT2D eigenvalue weighted by Crippen LogP contribution is 2.39. The second-order valence-electron chi connectivity index (χ2n) is 7.86. The van der Waals surface area contributed by atoms with Gasteiger partial charge in [0, 0.05) is 23.1 Å². The summed E-state index contributed by atoms with van der Waals surface area (Å²) in [5.41, 5.74) is 2.14. The predicted octanol–water partition coefficient (Wildman–Crippen LogP) is 5.84. The Balaban J connectivity index is 1.76. The summed E-state index contributed by atoms with van der Waals surface area (Å²) in [4.78, 5) is 19.3. The molecular formula is C22H28N2O2S. The van der Waals surface area contributed by atoms with E-state index in [9.17, 15) is 4.79 Å². The Bertz CT molecular complexity index is 758. The summed E-state index contributed by atoms with van der Waals surface area (Å²) >= 11 is 1.76. The number of benzene rings is 1. The minimum atomic E-state index is -0.237. The van der Waals surface area contributed by atoms with Crippen molar-refractivity contribution < 1.29 is 9.53 Å². The lowest BCUT2D eigenvalue weighted by molar-refractivity contribution is 0.0672. The van der Waals surface area contributed by atoms with Gasteiger partial charge in [0.1, 0.15) is 11.6 Å². The van der Waals surface area contributed by atoms with Gasteiger partial charge in [-0.15, -0.1) is 11.8 Å². The summed E-state index contributed by atoms with van der Waals surface area (Å²) in [6, 6.07) is 13.9. The molecule has 1 aliphatic rings. The van der Waals surface area contributed by atoms with E-state index in [1.165, 1.54) is 0 Å². The lowest BCUT2D eigenvalue weighted by Gasteiger charge is -2.36. The molecule has 1 saturated heterocycles. The Morgan fingerprint density at radius 2 is 1.96 bits per heavy atom. The van der Waals surface area contributed by atoms with Crippen LogP contribution in [0, 0.1) is 0 Å². The summed E-state index contributed by atoms with van der Waals surface area (Å²) in [5.74, 6) is 0. The van der Waals surface area contributed by atoms with Crippen LogP contribution >= 0.6 is 11.8 Å². The van der Waals surface area contributed by atoms with Crippen LogP contribution in [0.2, 0.25) is 0 Å². The highest BCUT2D eigenvalue weighted by Gasteiger charge is 2.31. The van der Waals surface area contributed by atoms with E-state index in [1.807, 2.05) is 47.5 Å². The van der Waals surface area contributed by atoms with Crippen LogP contribution in [0.1, 0.15) is 57.2 Å². The van der Waals surface area contributed by atoms with Crippen molar-refractivity contribution in [2.45, 2.75) is 62.5 Å². The summed E-state index contributed by atoms with van der Waals surface area (Å²) in [6.07, 6.45) is 4.67. The second-order valence-corrected chi connectivity index (χ2v) is 9.67. The summed E-state index contributed by atoms with van der Waals surface area (Å²) in [6.45, 7) is 7.58. The highest BCUT2D eigenvalue weighted by atomic mass is 32.2. The number of aromatic nitrogens is 1. The van der Waals surface area contributed by atoms with Crippen LogP contribution in [-0.4, -0.2) is 27.3 Å². The third-order valence-corrected chi connectivity index (χ3v) is 5.65. The molecule has 0 unspecified atom stereocenters. The van der Waals surface area contributed by atoms with Gasteiger partial charge in [-0.2, -0.15) is 0 Å². The molecule has 1 aliphatic heterocycles. The molecule has 3 rings (SSSR count). The van der Waals surface area contributed by atoms with Crippen molar-refractivity contribution in [3.63, 3.8) is 0 Å². The van der Waals surface area contributed by atoms with E-state index >= 15 is 0 Å². The van der Waals surface area contributed by atoms with Crippen LogP contribution in [0.25, 0.3) is 0 Å². The largest absolute Gasteiger partial charge is 0.445 e. The zero-order chi connectivity index (χ0) is 19.3. The van der Waals surface area contributed by atoms with Gasteiger partial charge in [0.15, 0.2) is 0 Å². The zero-order valence-electron chi connectivity index (χ0n) is 16.4. The second kappa shape index (κ2) is 8.79. The lowest BCUT2D eigenvalue weighted by Crippen LogP contribution is -2.39. The number of pyridine rings is 1. The Hall–Kier alpha value is -2.01. The Kier molecular flexibility index (Phi) is 6.42. The van der Waals surface area contributed by atoms with Gasteiger partial charge in [-0.1, -0.05) is 57.2 Å². The van der Waals surface area contributed by atoms with Gasteiger partial charge >= 0.3 is 6.09 Å². The molecule has 0 spiro atoms. The quantitative estimate of drug-likeness (QED) is 0.621. The molecule has 0 N–H and O–H groups in total. The van der Waals surface area contributed by atoms with Crippen molar-refractivity contribution in [2.24, 2.45) is 0 Å². The number of likely N-dealkylation sites (tertiary alicyclic amines) is 1. The Labute approximate surface area is 166 Å². The molecule has 2 heterocycles. The van der Waals surface area contributed by atoms with E-state index in [2.05, 4.69) is 31.8 Å². The first-order valence-corrected chi connectivity index (χ1v) is 10.4. The monoisotopic (exact) mass is 384 g/mol. The molecule has 0 bridgehead atoms. The number of ether oxygens (including phenoxy) is 1. The summed E-state index contributed by atoms with van der Waals surface area (Å²) < 4.78 is 5.69. The smallest absolute Gasteiger partial charge is 0.410 e. The van der Waals surface area contributed by atoms with Crippen molar-refractivity contribution in [3.05, 3.63) is 59.8 Å². The number of carbonyl (C=O) groups is 1. The number of nitrogens with zero attached hydrogens (tertiary/aromatic N) is 2. The molecule has 1 aromatic heterocycles. The molecule has 0 aliphatic carbocycles. The first-order valence-electron chi connectivity index (χ1n) is 9.55. The fourth-order valence-electron chi connectivity index (χ4n) is 3.31. The Morgan fingerprint density at radius 3 is 2.70 bits per heavy atom. The van der Waals surface area contributed by atoms with Gasteiger partial charge in [-0.05, 0) is 30.9 Å². The van der Waals surface area contributed by atoms with Crippen LogP contribution in [0.3, 0.4) is 0 Å². The standard InChI is InChI=1S/C22H28N2O2S/c1-22(2,3)27-20-18(12-9-14-23-20)19-13-7-8-15-24(19)21(25)26-16-17-10-5-4-6-11-17/h4-6,9-12,14,19H,7-8,13,15-16H2,1-3H3/t19-/m0/s1. The zero-order valence-corrected chi connectivity index (χ0v) is 17.2. The molecule has 0 saturated carbocycles. The van der Waals surface area contributed by atoms with E-state index in [4.69, 9.17) is 4.74 Å². The number of hydrogen-bond donors (Lipinski definition) is 0. The van der Waals surface area contributed by atoms with Gasteiger partial charge in [0.2, 0.25) is 0 Å². The molecule has 1 amide bonds. The van der Waals surface area contributed by atoms with Crippen LogP contribution in [-0.2, 0) is 11.3 Å². The molecule has 1 fully saturated rings. The van der Waals surface area contributed by atoms with Crippen molar-refractivity contribution in [2.75, 3.05) is 6.54 Å². The fourth-order valence-corrected chi connectivity index (χ4v) is 4.32. The SMILES string of the molecule is CC(C)(C)Sc1ncccc1[C@@H]1CCCCN1C(=O)OCc1ccccc1. The van der Waals surface area contributed by atoms with E-state index in [0.29, 0.717) is 6.61 Å². The van der Waals surface area contributed by atoms with Gasteiger partial charge in [0.25, 0.3) is 0 Å². The molecule has 4 nitrogen and oxygen atoms in total. The maximum Gasteiger partial charge on any atom is 0.410 e. The molecule has 5 heteroatoms. The van der Waals surface area contributed by atoms with Crippen LogP contribution in [0.4, 0.5) is 4.79 Å². The number of hydrogen-bond acceptors (Lipinski definition) is 4. The Morgan fingerprint density at radius 1 is 1.19 bits per heavy atom. The van der Waals surface area contributed by atoms with E-state index in [1.54, 1.807) is 11.8 Å². The summed E-state index contributed by atoms with van der Waals surface area (Å²) in [7, 11) is 0. The minimum Gasteiger partial charge on any atom is -0.445 e. The number of rotatable bonds is 4. The van der Waals surface area contributed by atoms with Crippen molar-refractivity contribution in [1.29, 1.82) is 0 Å². The van der Waals surface area contributed by atoms with Crippen molar-refractivity contribution >= 4 is 17.9 Å². The van der Waals surface area contributed by atoms with Gasteiger partial charge in [-0.3, -0.25) is 0 Å².